The summed E-state index contributed by atoms with van der Waals surface area (Å²) >= 11 is 5.90. The van der Waals surface area contributed by atoms with E-state index in [2.05, 4.69) is 4.98 Å². The topological polar surface area (TPSA) is 84.2 Å². The van der Waals surface area contributed by atoms with Crippen molar-refractivity contribution in [2.45, 2.75) is 18.9 Å². The quantitative estimate of drug-likeness (QED) is 0.560. The summed E-state index contributed by atoms with van der Waals surface area (Å²) in [6.07, 6.45) is 1.48. The van der Waals surface area contributed by atoms with Gasteiger partial charge in [0, 0.05) is 30.2 Å². The maximum Gasteiger partial charge on any atom is 0.326 e. The van der Waals surface area contributed by atoms with Gasteiger partial charge in [0.25, 0.3) is 5.69 Å². The predicted octanol–water partition coefficient (Wildman–Crippen LogP) is 3.73. The lowest BCUT2D eigenvalue weighted by atomic mass is 10.0. The maximum absolute atomic E-state index is 12.4. The van der Waals surface area contributed by atoms with Crippen molar-refractivity contribution in [2.75, 3.05) is 18.0 Å². The highest BCUT2D eigenvalue weighted by Crippen LogP contribution is 2.34. The second-order valence-electron chi connectivity index (χ2n) is 6.43. The normalized spacial score (nSPS) is 15.5. The van der Waals surface area contributed by atoms with Gasteiger partial charge in [-0.1, -0.05) is 23.7 Å². The largest absolute Gasteiger partial charge is 0.366 e. The molecular formula is C18H17ClN4O3. The number of para-hydroxylation sites is 2. The van der Waals surface area contributed by atoms with Crippen molar-refractivity contribution in [1.82, 2.24) is 9.55 Å². The average molecular weight is 373 g/mol. The highest BCUT2D eigenvalue weighted by molar-refractivity contribution is 6.30. The Kier molecular flexibility index (Phi) is 4.16. The first kappa shape index (κ1) is 16.7. The third-order valence-electron chi connectivity index (χ3n) is 4.93. The first-order valence-electron chi connectivity index (χ1n) is 8.43. The molecule has 0 unspecified atom stereocenters. The monoisotopic (exact) mass is 372 g/mol. The summed E-state index contributed by atoms with van der Waals surface area (Å²) in [5.41, 5.74) is 2.20. The lowest BCUT2D eigenvalue weighted by Gasteiger charge is -2.33. The Labute approximate surface area is 154 Å². The second-order valence-corrected chi connectivity index (χ2v) is 6.86. The third kappa shape index (κ3) is 2.84. The van der Waals surface area contributed by atoms with E-state index in [-0.39, 0.29) is 17.4 Å². The molecule has 1 N–H and O–H groups in total. The number of aromatic nitrogens is 2. The smallest absolute Gasteiger partial charge is 0.326 e. The SMILES string of the molecule is O=c1[nH]c2ccccc2n1C1CCN(c2ccc(Cl)cc2[N+](=O)[O-])CC1. The van der Waals surface area contributed by atoms with Crippen LogP contribution in [0.2, 0.25) is 5.02 Å². The molecule has 26 heavy (non-hydrogen) atoms. The van der Waals surface area contributed by atoms with Crippen LogP contribution in [0.4, 0.5) is 11.4 Å². The minimum atomic E-state index is -0.405. The number of H-pyrrole nitrogens is 1. The molecule has 0 spiro atoms. The number of fused-ring (bicyclic) bond motifs is 1. The van der Waals surface area contributed by atoms with Crippen molar-refractivity contribution in [3.8, 4) is 0 Å². The Bertz CT molecular complexity index is 1030. The lowest BCUT2D eigenvalue weighted by Crippen LogP contribution is -2.37. The van der Waals surface area contributed by atoms with Crippen LogP contribution in [-0.4, -0.2) is 27.6 Å². The van der Waals surface area contributed by atoms with Crippen LogP contribution in [0.3, 0.4) is 0 Å². The Morgan fingerprint density at radius 1 is 1.15 bits per heavy atom. The number of anilines is 1. The zero-order chi connectivity index (χ0) is 18.3. The molecule has 0 radical (unpaired) electrons. The predicted molar refractivity (Wildman–Crippen MR) is 101 cm³/mol. The van der Waals surface area contributed by atoms with Crippen molar-refractivity contribution < 1.29 is 4.92 Å². The zero-order valence-corrected chi connectivity index (χ0v) is 14.6. The molecule has 4 rings (SSSR count). The lowest BCUT2D eigenvalue weighted by molar-refractivity contribution is -0.384. The first-order valence-corrected chi connectivity index (χ1v) is 8.80. The van der Waals surface area contributed by atoms with E-state index in [1.165, 1.54) is 6.07 Å². The Morgan fingerprint density at radius 3 is 2.62 bits per heavy atom. The molecule has 134 valence electrons. The number of rotatable bonds is 3. The number of nitro groups is 1. The van der Waals surface area contributed by atoms with E-state index >= 15 is 0 Å². The van der Waals surface area contributed by atoms with Gasteiger partial charge in [0.1, 0.15) is 5.69 Å². The number of hydrogen-bond donors (Lipinski definition) is 1. The van der Waals surface area contributed by atoms with Gasteiger partial charge in [-0.15, -0.1) is 0 Å². The van der Waals surface area contributed by atoms with E-state index in [0.717, 1.165) is 23.9 Å². The van der Waals surface area contributed by atoms with E-state index in [1.807, 2.05) is 33.7 Å². The van der Waals surface area contributed by atoms with Crippen LogP contribution in [0.5, 0.6) is 0 Å². The summed E-state index contributed by atoms with van der Waals surface area (Å²) in [6.45, 7) is 1.28. The van der Waals surface area contributed by atoms with Gasteiger partial charge in [-0.25, -0.2) is 4.79 Å². The molecule has 0 amide bonds. The van der Waals surface area contributed by atoms with Crippen molar-refractivity contribution in [3.05, 3.63) is 68.1 Å². The second kappa shape index (κ2) is 6.49. The van der Waals surface area contributed by atoms with E-state index < -0.39 is 4.92 Å². The molecule has 3 aromatic rings. The molecular weight excluding hydrogens is 356 g/mol. The number of hydrogen-bond acceptors (Lipinski definition) is 4. The standard InChI is InChI=1S/C18H17ClN4O3/c19-12-5-6-16(17(11-12)23(25)26)21-9-7-13(8-10-21)22-15-4-2-1-3-14(15)20-18(22)24/h1-6,11,13H,7-10H2,(H,20,24). The number of piperidine rings is 1. The van der Waals surface area contributed by atoms with Crippen molar-refractivity contribution in [2.24, 2.45) is 0 Å². The van der Waals surface area contributed by atoms with Crippen LogP contribution in [0, 0.1) is 10.1 Å². The van der Waals surface area contributed by atoms with Gasteiger partial charge >= 0.3 is 5.69 Å². The van der Waals surface area contributed by atoms with Crippen LogP contribution in [0.25, 0.3) is 11.0 Å². The Hall–Kier alpha value is -2.80. The number of benzene rings is 2. The van der Waals surface area contributed by atoms with Gasteiger partial charge in [-0.05, 0) is 37.1 Å². The molecule has 0 saturated carbocycles. The minimum absolute atomic E-state index is 0.0141. The molecule has 1 aliphatic rings. The van der Waals surface area contributed by atoms with Gasteiger partial charge in [0.15, 0.2) is 0 Å². The number of nitrogens with zero attached hydrogens (tertiary/aromatic N) is 3. The van der Waals surface area contributed by atoms with Gasteiger partial charge < -0.3 is 9.88 Å². The van der Waals surface area contributed by atoms with Gasteiger partial charge in [0.2, 0.25) is 0 Å². The highest BCUT2D eigenvalue weighted by atomic mass is 35.5. The Morgan fingerprint density at radius 2 is 1.88 bits per heavy atom. The number of nitro benzene ring substituents is 1. The van der Waals surface area contributed by atoms with Crippen LogP contribution in [0.1, 0.15) is 18.9 Å². The molecule has 0 bridgehead atoms. The molecule has 0 atom stereocenters. The van der Waals surface area contributed by atoms with Crippen LogP contribution in [-0.2, 0) is 0 Å². The highest BCUT2D eigenvalue weighted by Gasteiger charge is 2.27. The molecule has 0 aliphatic carbocycles. The Balaban J connectivity index is 1.59. The summed E-state index contributed by atoms with van der Waals surface area (Å²) in [5.74, 6) is 0. The first-order chi connectivity index (χ1) is 12.5. The molecule has 7 nitrogen and oxygen atoms in total. The number of aromatic amines is 1. The van der Waals surface area contributed by atoms with Crippen molar-refractivity contribution in [3.63, 3.8) is 0 Å². The van der Waals surface area contributed by atoms with E-state index in [0.29, 0.717) is 23.8 Å². The van der Waals surface area contributed by atoms with Crippen molar-refractivity contribution in [1.29, 1.82) is 0 Å². The van der Waals surface area contributed by atoms with Gasteiger partial charge in [0.05, 0.1) is 16.0 Å². The van der Waals surface area contributed by atoms with Crippen LogP contribution < -0.4 is 10.6 Å². The number of halogens is 1. The molecule has 1 aliphatic heterocycles. The van der Waals surface area contributed by atoms with Gasteiger partial charge in [-0.3, -0.25) is 14.7 Å². The van der Waals surface area contributed by atoms with Crippen molar-refractivity contribution >= 4 is 34.0 Å². The molecule has 1 saturated heterocycles. The zero-order valence-electron chi connectivity index (χ0n) is 13.9. The molecule has 8 heteroatoms. The summed E-state index contributed by atoms with van der Waals surface area (Å²) in [6, 6.07) is 12.4. The minimum Gasteiger partial charge on any atom is -0.366 e. The molecule has 2 heterocycles. The van der Waals surface area contributed by atoms with Crippen LogP contribution in [0.15, 0.2) is 47.3 Å². The molecule has 1 aromatic heterocycles. The third-order valence-corrected chi connectivity index (χ3v) is 5.16. The summed E-state index contributed by atoms with van der Waals surface area (Å²) < 4.78 is 1.81. The molecule has 1 fully saturated rings. The average Bonchev–Trinajstić information content (AvgIpc) is 2.97. The summed E-state index contributed by atoms with van der Waals surface area (Å²) in [7, 11) is 0. The summed E-state index contributed by atoms with van der Waals surface area (Å²) in [5, 5.41) is 11.7. The maximum atomic E-state index is 12.4. The molecule has 2 aromatic carbocycles. The van der Waals surface area contributed by atoms with E-state index in [4.69, 9.17) is 11.6 Å². The van der Waals surface area contributed by atoms with E-state index in [1.54, 1.807) is 12.1 Å². The number of imidazole rings is 1. The van der Waals surface area contributed by atoms with E-state index in [9.17, 15) is 14.9 Å². The summed E-state index contributed by atoms with van der Waals surface area (Å²) in [4.78, 5) is 28.2. The number of nitrogens with one attached hydrogen (secondary N) is 1. The fourth-order valence-electron chi connectivity index (χ4n) is 3.71. The van der Waals surface area contributed by atoms with Crippen LogP contribution >= 0.6 is 11.6 Å². The fourth-order valence-corrected chi connectivity index (χ4v) is 3.88. The van der Waals surface area contributed by atoms with Gasteiger partial charge in [-0.2, -0.15) is 0 Å². The fraction of sp³-hybridized carbons (Fsp3) is 0.278.